The third-order valence-electron chi connectivity index (χ3n) is 3.34. The van der Waals surface area contributed by atoms with E-state index in [4.69, 9.17) is 0 Å². The van der Waals surface area contributed by atoms with Gasteiger partial charge in [0.05, 0.1) is 4.92 Å². The molecule has 0 spiro atoms. The van der Waals surface area contributed by atoms with Gasteiger partial charge in [-0.15, -0.1) is 0 Å². The fraction of sp³-hybridized carbons (Fsp3) is 0.429. The van der Waals surface area contributed by atoms with Gasteiger partial charge in [0.1, 0.15) is 0 Å². The van der Waals surface area contributed by atoms with Gasteiger partial charge in [-0.25, -0.2) is 0 Å². The molecule has 0 saturated carbocycles. The van der Waals surface area contributed by atoms with Gasteiger partial charge in [0.15, 0.2) is 0 Å². The first-order chi connectivity index (χ1) is 8.25. The van der Waals surface area contributed by atoms with E-state index in [1.807, 2.05) is 6.07 Å². The Bertz CT molecular complexity index is 426. The molecule has 0 saturated heterocycles. The van der Waals surface area contributed by atoms with Crippen LogP contribution in [0.2, 0.25) is 0 Å². The number of hydrogen-bond acceptors (Lipinski definition) is 2. The summed E-state index contributed by atoms with van der Waals surface area (Å²) in [6.07, 6.45) is 10.2. The van der Waals surface area contributed by atoms with Gasteiger partial charge in [0, 0.05) is 12.1 Å². The molecule has 0 aliphatic heterocycles. The van der Waals surface area contributed by atoms with E-state index in [9.17, 15) is 10.1 Å². The molecule has 0 radical (unpaired) electrons. The minimum Gasteiger partial charge on any atom is -0.258 e. The lowest BCUT2D eigenvalue weighted by Gasteiger charge is -2.17. The van der Waals surface area contributed by atoms with Crippen molar-refractivity contribution in [2.75, 3.05) is 0 Å². The number of nitro benzene ring substituents is 1. The van der Waals surface area contributed by atoms with Crippen molar-refractivity contribution < 1.29 is 4.92 Å². The van der Waals surface area contributed by atoms with Crippen LogP contribution in [-0.4, -0.2) is 4.92 Å². The molecular formula is C14H17NO2. The predicted molar refractivity (Wildman–Crippen MR) is 67.9 cm³/mol. The van der Waals surface area contributed by atoms with Crippen LogP contribution in [0.15, 0.2) is 36.4 Å². The van der Waals surface area contributed by atoms with Crippen molar-refractivity contribution in [2.45, 2.75) is 32.1 Å². The van der Waals surface area contributed by atoms with E-state index in [1.165, 1.54) is 12.8 Å². The van der Waals surface area contributed by atoms with Gasteiger partial charge in [-0.3, -0.25) is 10.1 Å². The van der Waals surface area contributed by atoms with Crippen LogP contribution in [0.4, 0.5) is 5.69 Å². The van der Waals surface area contributed by atoms with Crippen molar-refractivity contribution in [1.82, 2.24) is 0 Å². The third kappa shape index (κ3) is 3.41. The molecule has 2 rings (SSSR count). The summed E-state index contributed by atoms with van der Waals surface area (Å²) in [5.41, 5.74) is 1.28. The zero-order valence-electron chi connectivity index (χ0n) is 9.84. The normalized spacial score (nSPS) is 19.2. The van der Waals surface area contributed by atoms with E-state index in [-0.39, 0.29) is 10.6 Å². The average molecular weight is 231 g/mol. The van der Waals surface area contributed by atoms with Crippen molar-refractivity contribution in [1.29, 1.82) is 0 Å². The molecule has 1 atom stereocenters. The summed E-state index contributed by atoms with van der Waals surface area (Å²) in [5, 5.41) is 10.7. The lowest BCUT2D eigenvalue weighted by atomic mass is 9.89. The molecule has 3 nitrogen and oxygen atoms in total. The Kier molecular flexibility index (Phi) is 3.91. The molecule has 0 fully saturated rings. The topological polar surface area (TPSA) is 43.1 Å². The van der Waals surface area contributed by atoms with Crippen LogP contribution in [0.1, 0.15) is 31.2 Å². The summed E-state index contributed by atoms with van der Waals surface area (Å²) in [6.45, 7) is 0. The molecule has 17 heavy (non-hydrogen) atoms. The maximum atomic E-state index is 10.7. The lowest BCUT2D eigenvalue weighted by Crippen LogP contribution is -2.04. The zero-order chi connectivity index (χ0) is 12.1. The molecule has 3 heteroatoms. The van der Waals surface area contributed by atoms with Gasteiger partial charge in [0.25, 0.3) is 5.69 Å². The number of aryl methyl sites for hydroxylation is 1. The van der Waals surface area contributed by atoms with Gasteiger partial charge >= 0.3 is 0 Å². The number of allylic oxidation sites excluding steroid dienone is 2. The van der Waals surface area contributed by atoms with Gasteiger partial charge in [-0.2, -0.15) is 0 Å². The van der Waals surface area contributed by atoms with Gasteiger partial charge in [-0.05, 0) is 43.6 Å². The van der Waals surface area contributed by atoms with Crippen LogP contribution in [0, 0.1) is 16.0 Å². The Morgan fingerprint density at radius 1 is 1.35 bits per heavy atom. The summed E-state index contributed by atoms with van der Waals surface area (Å²) in [4.78, 5) is 10.3. The summed E-state index contributed by atoms with van der Waals surface area (Å²) < 4.78 is 0. The molecule has 0 bridgehead atoms. The zero-order valence-corrected chi connectivity index (χ0v) is 9.84. The summed E-state index contributed by atoms with van der Waals surface area (Å²) >= 11 is 0. The summed E-state index contributed by atoms with van der Waals surface area (Å²) in [6, 6.07) is 6.99. The van der Waals surface area contributed by atoms with E-state index in [0.29, 0.717) is 0 Å². The molecule has 1 aliphatic rings. The van der Waals surface area contributed by atoms with Gasteiger partial charge < -0.3 is 0 Å². The van der Waals surface area contributed by atoms with Crippen molar-refractivity contribution in [2.24, 2.45) is 5.92 Å². The van der Waals surface area contributed by atoms with Crippen LogP contribution in [0.5, 0.6) is 0 Å². The molecular weight excluding hydrogens is 214 g/mol. The molecule has 1 aliphatic carbocycles. The standard InChI is InChI=1S/C14H17NO2/c16-15(17)14-8-4-7-13(11-14)10-9-12-5-2-1-3-6-12/h1-2,4,7-8,11-12H,3,5-6,9-10H2. The van der Waals surface area contributed by atoms with Crippen LogP contribution >= 0.6 is 0 Å². The molecule has 1 unspecified atom stereocenters. The number of benzene rings is 1. The Labute approximate surface area is 101 Å². The van der Waals surface area contributed by atoms with Gasteiger partial charge in [-0.1, -0.05) is 24.3 Å². The van der Waals surface area contributed by atoms with Crippen molar-refractivity contribution in [3.63, 3.8) is 0 Å². The minimum atomic E-state index is -0.327. The first-order valence-electron chi connectivity index (χ1n) is 6.14. The number of hydrogen-bond donors (Lipinski definition) is 0. The van der Waals surface area contributed by atoms with Crippen LogP contribution in [0.25, 0.3) is 0 Å². The first-order valence-corrected chi connectivity index (χ1v) is 6.14. The SMILES string of the molecule is O=[N+]([O-])c1cccc(CCC2CC=CCC2)c1. The maximum absolute atomic E-state index is 10.7. The predicted octanol–water partition coefficient (Wildman–Crippen LogP) is 3.88. The van der Waals surface area contributed by atoms with Crippen molar-refractivity contribution >= 4 is 5.69 Å². The van der Waals surface area contributed by atoms with Gasteiger partial charge in [0.2, 0.25) is 0 Å². The highest BCUT2D eigenvalue weighted by Gasteiger charge is 2.11. The Balaban J connectivity index is 1.92. The highest BCUT2D eigenvalue weighted by molar-refractivity contribution is 5.34. The lowest BCUT2D eigenvalue weighted by molar-refractivity contribution is -0.384. The highest BCUT2D eigenvalue weighted by atomic mass is 16.6. The number of rotatable bonds is 4. The van der Waals surface area contributed by atoms with E-state index in [1.54, 1.807) is 18.2 Å². The average Bonchev–Trinajstić information content (AvgIpc) is 2.38. The molecule has 0 N–H and O–H groups in total. The molecule has 90 valence electrons. The molecule has 0 heterocycles. The second-order valence-electron chi connectivity index (χ2n) is 4.62. The Hall–Kier alpha value is -1.64. The molecule has 1 aromatic carbocycles. The van der Waals surface area contributed by atoms with Crippen molar-refractivity contribution in [3.8, 4) is 0 Å². The Morgan fingerprint density at radius 3 is 2.94 bits per heavy atom. The fourth-order valence-electron chi connectivity index (χ4n) is 2.31. The van der Waals surface area contributed by atoms with E-state index >= 15 is 0 Å². The monoisotopic (exact) mass is 231 g/mol. The fourth-order valence-corrected chi connectivity index (χ4v) is 2.31. The second kappa shape index (κ2) is 5.62. The third-order valence-corrected chi connectivity index (χ3v) is 3.34. The Morgan fingerprint density at radius 2 is 2.24 bits per heavy atom. The van der Waals surface area contributed by atoms with E-state index < -0.39 is 0 Å². The maximum Gasteiger partial charge on any atom is 0.269 e. The second-order valence-corrected chi connectivity index (χ2v) is 4.62. The summed E-state index contributed by atoms with van der Waals surface area (Å²) in [5.74, 6) is 0.749. The number of nitro groups is 1. The van der Waals surface area contributed by atoms with Crippen LogP contribution < -0.4 is 0 Å². The van der Waals surface area contributed by atoms with E-state index in [2.05, 4.69) is 12.2 Å². The smallest absolute Gasteiger partial charge is 0.258 e. The quantitative estimate of drug-likeness (QED) is 0.448. The largest absolute Gasteiger partial charge is 0.269 e. The van der Waals surface area contributed by atoms with E-state index in [0.717, 1.165) is 30.7 Å². The van der Waals surface area contributed by atoms with Crippen molar-refractivity contribution in [3.05, 3.63) is 52.1 Å². The number of nitrogens with zero attached hydrogens (tertiary/aromatic N) is 1. The summed E-state index contributed by atoms with van der Waals surface area (Å²) in [7, 11) is 0. The van der Waals surface area contributed by atoms with Crippen LogP contribution in [-0.2, 0) is 6.42 Å². The molecule has 0 aromatic heterocycles. The highest BCUT2D eigenvalue weighted by Crippen LogP contribution is 2.24. The first kappa shape index (κ1) is 11.8. The minimum absolute atomic E-state index is 0.200. The molecule has 1 aromatic rings. The molecule has 0 amide bonds. The van der Waals surface area contributed by atoms with Crippen LogP contribution in [0.3, 0.4) is 0 Å². The number of non-ortho nitro benzene ring substituents is 1.